The van der Waals surface area contributed by atoms with E-state index in [2.05, 4.69) is 45.3 Å². The monoisotopic (exact) mass is 270 g/mol. The molecule has 0 fully saturated rings. The Bertz CT molecular complexity index is 345. The SMILES string of the molecule is CCOC(CC)(CC)c1nc(CNC(C)C)cs1. The van der Waals surface area contributed by atoms with Gasteiger partial charge in [-0.25, -0.2) is 4.98 Å². The van der Waals surface area contributed by atoms with Gasteiger partial charge < -0.3 is 10.1 Å². The molecule has 0 amide bonds. The van der Waals surface area contributed by atoms with Crippen molar-refractivity contribution in [3.8, 4) is 0 Å². The van der Waals surface area contributed by atoms with Gasteiger partial charge in [-0.1, -0.05) is 27.7 Å². The van der Waals surface area contributed by atoms with Gasteiger partial charge in [0.25, 0.3) is 0 Å². The fourth-order valence-electron chi connectivity index (χ4n) is 2.00. The first-order chi connectivity index (χ1) is 8.57. The molecule has 1 aromatic heterocycles. The van der Waals surface area contributed by atoms with E-state index >= 15 is 0 Å². The topological polar surface area (TPSA) is 34.1 Å². The summed E-state index contributed by atoms with van der Waals surface area (Å²) in [5.41, 5.74) is 0.935. The molecule has 0 aliphatic heterocycles. The summed E-state index contributed by atoms with van der Waals surface area (Å²) in [6, 6.07) is 0.490. The minimum atomic E-state index is -0.185. The molecule has 0 aromatic carbocycles. The molecule has 0 aliphatic carbocycles. The Labute approximate surface area is 115 Å². The van der Waals surface area contributed by atoms with Crippen molar-refractivity contribution in [2.45, 2.75) is 65.6 Å². The van der Waals surface area contributed by atoms with Crippen molar-refractivity contribution >= 4 is 11.3 Å². The lowest BCUT2D eigenvalue weighted by Gasteiger charge is -2.29. The maximum Gasteiger partial charge on any atom is 0.125 e. The van der Waals surface area contributed by atoms with E-state index in [4.69, 9.17) is 9.72 Å². The molecule has 4 heteroatoms. The smallest absolute Gasteiger partial charge is 0.125 e. The number of aromatic nitrogens is 1. The van der Waals surface area contributed by atoms with Crippen LogP contribution < -0.4 is 5.32 Å². The van der Waals surface area contributed by atoms with Crippen molar-refractivity contribution in [1.82, 2.24) is 10.3 Å². The van der Waals surface area contributed by atoms with Crippen LogP contribution in [0.15, 0.2) is 5.38 Å². The van der Waals surface area contributed by atoms with Gasteiger partial charge in [0, 0.05) is 24.6 Å². The van der Waals surface area contributed by atoms with Crippen molar-refractivity contribution in [2.75, 3.05) is 6.61 Å². The average molecular weight is 270 g/mol. The van der Waals surface area contributed by atoms with E-state index in [-0.39, 0.29) is 5.60 Å². The Morgan fingerprint density at radius 1 is 1.33 bits per heavy atom. The second-order valence-electron chi connectivity index (χ2n) is 4.81. The van der Waals surface area contributed by atoms with Gasteiger partial charge in [-0.2, -0.15) is 0 Å². The summed E-state index contributed by atoms with van der Waals surface area (Å²) in [4.78, 5) is 4.75. The predicted molar refractivity (Wildman–Crippen MR) is 78.0 cm³/mol. The summed E-state index contributed by atoms with van der Waals surface area (Å²) in [6.45, 7) is 12.3. The van der Waals surface area contributed by atoms with Gasteiger partial charge in [-0.3, -0.25) is 0 Å². The number of hydrogen-bond donors (Lipinski definition) is 1. The summed E-state index contributed by atoms with van der Waals surface area (Å²) in [6.07, 6.45) is 1.95. The van der Waals surface area contributed by atoms with Crippen LogP contribution in [-0.2, 0) is 16.9 Å². The van der Waals surface area contributed by atoms with Gasteiger partial charge in [0.2, 0.25) is 0 Å². The summed E-state index contributed by atoms with van der Waals surface area (Å²) in [7, 11) is 0. The number of nitrogens with zero attached hydrogens (tertiary/aromatic N) is 1. The van der Waals surface area contributed by atoms with E-state index in [1.165, 1.54) is 0 Å². The lowest BCUT2D eigenvalue weighted by molar-refractivity contribution is -0.0507. The van der Waals surface area contributed by atoms with Gasteiger partial charge in [-0.15, -0.1) is 11.3 Å². The number of thiazole rings is 1. The summed E-state index contributed by atoms with van der Waals surface area (Å²) >= 11 is 1.72. The van der Waals surface area contributed by atoms with Crippen LogP contribution in [0.2, 0.25) is 0 Å². The van der Waals surface area contributed by atoms with Gasteiger partial charge >= 0.3 is 0 Å². The quantitative estimate of drug-likeness (QED) is 0.782. The Kier molecular flexibility index (Phi) is 6.26. The van der Waals surface area contributed by atoms with Crippen molar-refractivity contribution in [3.63, 3.8) is 0 Å². The van der Waals surface area contributed by atoms with Crippen LogP contribution in [0.1, 0.15) is 58.2 Å². The minimum absolute atomic E-state index is 0.185. The maximum absolute atomic E-state index is 5.98. The second-order valence-corrected chi connectivity index (χ2v) is 5.67. The standard InChI is InChI=1S/C14H26N2OS/c1-6-14(7-2,17-8-3)13-16-12(10-18-13)9-15-11(4)5/h10-11,15H,6-9H2,1-5H3. The van der Waals surface area contributed by atoms with Gasteiger partial charge in [0.05, 0.1) is 5.69 Å². The summed E-state index contributed by atoms with van der Waals surface area (Å²) in [5.74, 6) is 0. The minimum Gasteiger partial charge on any atom is -0.368 e. The molecular weight excluding hydrogens is 244 g/mol. The highest BCUT2D eigenvalue weighted by atomic mass is 32.1. The van der Waals surface area contributed by atoms with E-state index in [0.29, 0.717) is 6.04 Å². The second kappa shape index (κ2) is 7.22. The average Bonchev–Trinajstić information content (AvgIpc) is 2.83. The highest BCUT2D eigenvalue weighted by Crippen LogP contribution is 2.35. The zero-order valence-electron chi connectivity index (χ0n) is 12.2. The lowest BCUT2D eigenvalue weighted by Crippen LogP contribution is -2.28. The normalized spacial score (nSPS) is 12.3. The molecule has 0 spiro atoms. The van der Waals surface area contributed by atoms with Crippen molar-refractivity contribution in [3.05, 3.63) is 16.1 Å². The molecule has 0 unspecified atom stereocenters. The third kappa shape index (κ3) is 3.77. The van der Waals surface area contributed by atoms with E-state index < -0.39 is 0 Å². The summed E-state index contributed by atoms with van der Waals surface area (Å²) in [5, 5.41) is 6.66. The van der Waals surface area contributed by atoms with E-state index in [9.17, 15) is 0 Å². The molecule has 0 saturated carbocycles. The lowest BCUT2D eigenvalue weighted by atomic mass is 9.98. The highest BCUT2D eigenvalue weighted by molar-refractivity contribution is 7.09. The zero-order valence-corrected chi connectivity index (χ0v) is 13.1. The zero-order chi connectivity index (χ0) is 13.6. The third-order valence-corrected chi connectivity index (χ3v) is 4.27. The molecule has 0 bridgehead atoms. The first-order valence-corrected chi connectivity index (χ1v) is 7.78. The predicted octanol–water partition coefficient (Wildman–Crippen LogP) is 3.69. The van der Waals surface area contributed by atoms with Crippen LogP contribution in [-0.4, -0.2) is 17.6 Å². The molecule has 0 radical (unpaired) electrons. The number of ether oxygens (including phenoxy) is 1. The van der Waals surface area contributed by atoms with Crippen LogP contribution in [0.4, 0.5) is 0 Å². The van der Waals surface area contributed by atoms with Crippen molar-refractivity contribution in [2.24, 2.45) is 0 Å². The Morgan fingerprint density at radius 2 is 2.00 bits per heavy atom. The molecule has 3 nitrogen and oxygen atoms in total. The van der Waals surface area contributed by atoms with Crippen molar-refractivity contribution < 1.29 is 4.74 Å². The summed E-state index contributed by atoms with van der Waals surface area (Å²) < 4.78 is 5.98. The molecule has 1 rings (SSSR count). The molecule has 0 saturated heterocycles. The largest absolute Gasteiger partial charge is 0.368 e. The maximum atomic E-state index is 5.98. The van der Waals surface area contributed by atoms with Crippen molar-refractivity contribution in [1.29, 1.82) is 0 Å². The van der Waals surface area contributed by atoms with E-state index in [1.54, 1.807) is 11.3 Å². The first-order valence-electron chi connectivity index (χ1n) is 6.90. The Hall–Kier alpha value is -0.450. The third-order valence-electron chi connectivity index (χ3n) is 3.20. The molecule has 18 heavy (non-hydrogen) atoms. The number of rotatable bonds is 8. The van der Waals surface area contributed by atoms with E-state index in [1.807, 2.05) is 0 Å². The van der Waals surface area contributed by atoms with E-state index in [0.717, 1.165) is 36.7 Å². The van der Waals surface area contributed by atoms with Gasteiger partial charge in [-0.05, 0) is 19.8 Å². The van der Waals surface area contributed by atoms with Crippen LogP contribution in [0.25, 0.3) is 0 Å². The fraction of sp³-hybridized carbons (Fsp3) is 0.786. The molecule has 0 atom stereocenters. The molecule has 1 N–H and O–H groups in total. The first kappa shape index (κ1) is 15.6. The van der Waals surface area contributed by atoms with Crippen LogP contribution in [0, 0.1) is 0 Å². The Balaban J connectivity index is 2.80. The van der Waals surface area contributed by atoms with Crippen LogP contribution >= 0.6 is 11.3 Å². The van der Waals surface area contributed by atoms with Crippen LogP contribution in [0.3, 0.4) is 0 Å². The molecule has 104 valence electrons. The van der Waals surface area contributed by atoms with Gasteiger partial charge in [0.1, 0.15) is 10.6 Å². The van der Waals surface area contributed by atoms with Crippen LogP contribution in [0.5, 0.6) is 0 Å². The molecule has 1 heterocycles. The number of nitrogens with one attached hydrogen (secondary N) is 1. The molecular formula is C14H26N2OS. The highest BCUT2D eigenvalue weighted by Gasteiger charge is 2.32. The van der Waals surface area contributed by atoms with Gasteiger partial charge in [0.15, 0.2) is 0 Å². The fourth-order valence-corrected chi connectivity index (χ4v) is 3.12. The number of hydrogen-bond acceptors (Lipinski definition) is 4. The molecule has 1 aromatic rings. The Morgan fingerprint density at radius 3 is 2.50 bits per heavy atom. The molecule has 0 aliphatic rings.